The van der Waals surface area contributed by atoms with Crippen molar-refractivity contribution < 1.29 is 8.91 Å². The van der Waals surface area contributed by atoms with Gasteiger partial charge in [-0.15, -0.1) is 0 Å². The van der Waals surface area contributed by atoms with Gasteiger partial charge in [-0.1, -0.05) is 18.1 Å². The summed E-state index contributed by atoms with van der Waals surface area (Å²) < 4.78 is 19.2. The summed E-state index contributed by atoms with van der Waals surface area (Å²) >= 11 is 0. The van der Waals surface area contributed by atoms with Crippen LogP contribution in [0.5, 0.6) is 0 Å². The number of rotatable bonds is 6. The summed E-state index contributed by atoms with van der Waals surface area (Å²) in [5.74, 6) is 1.46. The molecule has 0 radical (unpaired) electrons. The van der Waals surface area contributed by atoms with Gasteiger partial charge in [0.25, 0.3) is 0 Å². The maximum atomic E-state index is 14.0. The Morgan fingerprint density at radius 1 is 1.41 bits per heavy atom. The van der Waals surface area contributed by atoms with E-state index in [0.717, 1.165) is 25.2 Å². The van der Waals surface area contributed by atoms with Gasteiger partial charge in [0.1, 0.15) is 5.82 Å². The van der Waals surface area contributed by atoms with E-state index in [0.29, 0.717) is 36.0 Å². The summed E-state index contributed by atoms with van der Waals surface area (Å²) in [6.07, 6.45) is 2.26. The summed E-state index contributed by atoms with van der Waals surface area (Å²) in [6, 6.07) is 6.48. The van der Waals surface area contributed by atoms with Gasteiger partial charge in [-0.25, -0.2) is 4.39 Å². The fourth-order valence-electron chi connectivity index (χ4n) is 2.30. The zero-order chi connectivity index (χ0) is 15.5. The molecule has 5 nitrogen and oxygen atoms in total. The Bertz CT molecular complexity index is 702. The van der Waals surface area contributed by atoms with Gasteiger partial charge in [0.05, 0.1) is 18.2 Å². The molecular formula is C16H17FN4O. The van der Waals surface area contributed by atoms with Gasteiger partial charge in [0, 0.05) is 18.0 Å². The Labute approximate surface area is 128 Å². The molecule has 1 fully saturated rings. The zero-order valence-electron chi connectivity index (χ0n) is 12.4. The highest BCUT2D eigenvalue weighted by Gasteiger charge is 2.29. The third-order valence-corrected chi connectivity index (χ3v) is 3.81. The van der Waals surface area contributed by atoms with E-state index in [4.69, 9.17) is 9.78 Å². The van der Waals surface area contributed by atoms with Gasteiger partial charge in [-0.05, 0) is 31.5 Å². The monoisotopic (exact) mass is 300 g/mol. The van der Waals surface area contributed by atoms with Crippen LogP contribution in [0.4, 0.5) is 4.39 Å². The Hall–Kier alpha value is -2.26. The van der Waals surface area contributed by atoms with E-state index in [1.165, 1.54) is 6.07 Å². The molecule has 1 aliphatic rings. The van der Waals surface area contributed by atoms with Crippen molar-refractivity contribution in [2.75, 3.05) is 6.54 Å². The number of benzene rings is 1. The molecule has 1 heterocycles. The van der Waals surface area contributed by atoms with E-state index in [9.17, 15) is 4.39 Å². The van der Waals surface area contributed by atoms with E-state index in [2.05, 4.69) is 10.1 Å². The minimum Gasteiger partial charge on any atom is -0.338 e. The lowest BCUT2D eigenvalue weighted by atomic mass is 10.1. The molecule has 1 aromatic carbocycles. The highest BCUT2D eigenvalue weighted by molar-refractivity contribution is 5.32. The summed E-state index contributed by atoms with van der Waals surface area (Å²) in [4.78, 5) is 6.42. The summed E-state index contributed by atoms with van der Waals surface area (Å²) in [6.45, 7) is 3.67. The molecule has 0 bridgehead atoms. The third kappa shape index (κ3) is 3.31. The molecule has 1 saturated carbocycles. The third-order valence-electron chi connectivity index (χ3n) is 3.81. The summed E-state index contributed by atoms with van der Waals surface area (Å²) in [7, 11) is 0. The number of halogens is 1. The van der Waals surface area contributed by atoms with Crippen molar-refractivity contribution in [3.05, 3.63) is 46.9 Å². The van der Waals surface area contributed by atoms with E-state index >= 15 is 0 Å². The molecule has 0 aliphatic heterocycles. The molecule has 1 aliphatic carbocycles. The zero-order valence-corrected chi connectivity index (χ0v) is 12.4. The van der Waals surface area contributed by atoms with E-state index in [1.54, 1.807) is 12.1 Å². The van der Waals surface area contributed by atoms with Crippen molar-refractivity contribution in [2.45, 2.75) is 38.8 Å². The van der Waals surface area contributed by atoms with Crippen molar-refractivity contribution in [2.24, 2.45) is 0 Å². The van der Waals surface area contributed by atoms with Gasteiger partial charge >= 0.3 is 0 Å². The SMILES string of the molecule is CCN(Cc1nc(C2CC2)no1)Cc1ccc(C#N)cc1F. The average Bonchev–Trinajstić information content (AvgIpc) is 3.28. The van der Waals surface area contributed by atoms with Crippen molar-refractivity contribution in [1.82, 2.24) is 15.0 Å². The van der Waals surface area contributed by atoms with Gasteiger partial charge in [0.15, 0.2) is 5.82 Å². The predicted octanol–water partition coefficient (Wildman–Crippen LogP) is 2.98. The minimum atomic E-state index is -0.360. The number of nitriles is 1. The van der Waals surface area contributed by atoms with Crippen LogP contribution in [0.15, 0.2) is 22.7 Å². The Morgan fingerprint density at radius 3 is 2.86 bits per heavy atom. The summed E-state index contributed by atoms with van der Waals surface area (Å²) in [5, 5.41) is 12.8. The first-order valence-electron chi connectivity index (χ1n) is 7.43. The second kappa shape index (κ2) is 6.24. The van der Waals surface area contributed by atoms with Crippen LogP contribution >= 0.6 is 0 Å². The van der Waals surface area contributed by atoms with Crippen LogP contribution in [-0.2, 0) is 13.1 Å². The molecular weight excluding hydrogens is 283 g/mol. The molecule has 6 heteroatoms. The van der Waals surface area contributed by atoms with Crippen LogP contribution < -0.4 is 0 Å². The lowest BCUT2D eigenvalue weighted by Gasteiger charge is -2.18. The largest absolute Gasteiger partial charge is 0.338 e. The van der Waals surface area contributed by atoms with Crippen LogP contribution in [0.2, 0.25) is 0 Å². The lowest BCUT2D eigenvalue weighted by Crippen LogP contribution is -2.23. The van der Waals surface area contributed by atoms with Crippen LogP contribution in [0, 0.1) is 17.1 Å². The highest BCUT2D eigenvalue weighted by atomic mass is 19.1. The van der Waals surface area contributed by atoms with Crippen LogP contribution in [0.3, 0.4) is 0 Å². The molecule has 0 spiro atoms. The van der Waals surface area contributed by atoms with Crippen molar-refractivity contribution in [1.29, 1.82) is 5.26 Å². The van der Waals surface area contributed by atoms with E-state index in [1.807, 2.05) is 17.9 Å². The molecule has 0 N–H and O–H groups in total. The molecule has 0 amide bonds. The van der Waals surface area contributed by atoms with Crippen LogP contribution in [0.1, 0.15) is 48.5 Å². The second-order valence-electron chi connectivity index (χ2n) is 5.54. The molecule has 2 aromatic rings. The quantitative estimate of drug-likeness (QED) is 0.820. The molecule has 0 atom stereocenters. The standard InChI is InChI=1S/C16H17FN4O/c1-2-21(9-13-4-3-11(8-18)7-14(13)17)10-15-19-16(20-22-15)12-5-6-12/h3-4,7,12H,2,5-6,9-10H2,1H3. The molecule has 22 heavy (non-hydrogen) atoms. The predicted molar refractivity (Wildman–Crippen MR) is 77.2 cm³/mol. The first-order valence-corrected chi connectivity index (χ1v) is 7.43. The highest BCUT2D eigenvalue weighted by Crippen LogP contribution is 2.38. The van der Waals surface area contributed by atoms with Gasteiger partial charge in [-0.3, -0.25) is 4.90 Å². The fourth-order valence-corrected chi connectivity index (χ4v) is 2.30. The van der Waals surface area contributed by atoms with E-state index < -0.39 is 0 Å². The second-order valence-corrected chi connectivity index (χ2v) is 5.54. The lowest BCUT2D eigenvalue weighted by molar-refractivity contribution is 0.226. The topological polar surface area (TPSA) is 66.0 Å². The van der Waals surface area contributed by atoms with Gasteiger partial charge in [0.2, 0.25) is 5.89 Å². The Morgan fingerprint density at radius 2 is 2.23 bits per heavy atom. The van der Waals surface area contributed by atoms with Gasteiger partial charge < -0.3 is 4.52 Å². The van der Waals surface area contributed by atoms with Gasteiger partial charge in [-0.2, -0.15) is 10.2 Å². The maximum absolute atomic E-state index is 14.0. The molecule has 0 saturated heterocycles. The first kappa shape index (κ1) is 14.7. The van der Waals surface area contributed by atoms with Crippen LogP contribution in [-0.4, -0.2) is 21.6 Å². The molecule has 1 aromatic heterocycles. The molecule has 0 unspecified atom stereocenters. The Balaban J connectivity index is 1.67. The van der Waals surface area contributed by atoms with Crippen molar-refractivity contribution >= 4 is 0 Å². The number of hydrogen-bond acceptors (Lipinski definition) is 5. The number of aromatic nitrogens is 2. The van der Waals surface area contributed by atoms with Crippen molar-refractivity contribution in [3.8, 4) is 6.07 Å². The first-order chi connectivity index (χ1) is 10.7. The maximum Gasteiger partial charge on any atom is 0.240 e. The summed E-state index contributed by atoms with van der Waals surface area (Å²) in [5.41, 5.74) is 0.887. The van der Waals surface area contributed by atoms with Crippen molar-refractivity contribution in [3.63, 3.8) is 0 Å². The molecule has 114 valence electrons. The normalized spacial score (nSPS) is 14.3. The average molecular weight is 300 g/mol. The Kier molecular flexibility index (Phi) is 4.16. The fraction of sp³-hybridized carbons (Fsp3) is 0.438. The number of hydrogen-bond donors (Lipinski definition) is 0. The minimum absolute atomic E-state index is 0.329. The smallest absolute Gasteiger partial charge is 0.240 e. The molecule has 3 rings (SSSR count). The van der Waals surface area contributed by atoms with Crippen LogP contribution in [0.25, 0.3) is 0 Å². The van der Waals surface area contributed by atoms with E-state index in [-0.39, 0.29) is 5.82 Å². The number of nitrogens with zero attached hydrogens (tertiary/aromatic N) is 4.